The monoisotopic (exact) mass is 579 g/mol. The summed E-state index contributed by atoms with van der Waals surface area (Å²) in [6, 6.07) is 0. The van der Waals surface area contributed by atoms with Gasteiger partial charge in [0.05, 0.1) is 6.10 Å². The highest BCUT2D eigenvalue weighted by Crippen LogP contribution is 2.71. The van der Waals surface area contributed by atoms with Crippen molar-refractivity contribution in [2.24, 2.45) is 28.6 Å². The first-order valence-electron chi connectivity index (χ1n) is 14.2. The van der Waals surface area contributed by atoms with Crippen molar-refractivity contribution in [1.82, 2.24) is 0 Å². The average Bonchev–Trinajstić information content (AvgIpc) is 3.12. The van der Waals surface area contributed by atoms with Crippen molar-refractivity contribution in [1.29, 1.82) is 0 Å². The lowest BCUT2D eigenvalue weighted by molar-refractivity contribution is -0.754. The fourth-order valence-electron chi connectivity index (χ4n) is 8.35. The number of unbranched alkanes of at least 4 members (excludes halogenated alkanes) is 1. The van der Waals surface area contributed by atoms with E-state index in [1.165, 1.54) is 18.2 Å². The van der Waals surface area contributed by atoms with E-state index in [9.17, 15) is 34.4 Å². The Morgan fingerprint density at radius 3 is 2.56 bits per heavy atom. The van der Waals surface area contributed by atoms with Gasteiger partial charge in [0.1, 0.15) is 0 Å². The number of hydrogen-bond donors (Lipinski definition) is 1. The number of halogens is 1. The fraction of sp³-hybridized carbons (Fsp3) is 0.724. The van der Waals surface area contributed by atoms with Crippen molar-refractivity contribution in [2.75, 3.05) is 13.2 Å². The first kappa shape index (κ1) is 30.8. The number of hydrogen-bond acceptors (Lipinski definition) is 10. The highest BCUT2D eigenvalue weighted by Gasteiger charge is 2.77. The molecule has 8 atom stereocenters. The van der Waals surface area contributed by atoms with Crippen LogP contribution in [0.4, 0.5) is 4.39 Å². The summed E-state index contributed by atoms with van der Waals surface area (Å²) in [5.74, 6) is -4.58. The second-order valence-electron chi connectivity index (χ2n) is 12.3. The summed E-state index contributed by atoms with van der Waals surface area (Å²) in [5.41, 5.74) is -5.82. The van der Waals surface area contributed by atoms with Gasteiger partial charge in [-0.15, -0.1) is 10.1 Å². The Hall–Kier alpha value is -3.15. The van der Waals surface area contributed by atoms with Crippen molar-refractivity contribution in [2.45, 2.75) is 90.0 Å². The van der Waals surface area contributed by atoms with Crippen LogP contribution in [0.1, 0.15) is 72.6 Å². The summed E-state index contributed by atoms with van der Waals surface area (Å²) in [5, 5.41) is 20.9. The summed E-state index contributed by atoms with van der Waals surface area (Å²) >= 11 is 0. The molecule has 4 rings (SSSR count). The minimum absolute atomic E-state index is 0.0412. The van der Waals surface area contributed by atoms with E-state index in [0.717, 1.165) is 0 Å². The van der Waals surface area contributed by atoms with Crippen molar-refractivity contribution in [3.8, 4) is 0 Å². The second kappa shape index (κ2) is 10.9. The smallest absolute Gasteiger partial charge is 0.332 e. The van der Waals surface area contributed by atoms with Gasteiger partial charge in [-0.2, -0.15) is 0 Å². The van der Waals surface area contributed by atoms with Crippen molar-refractivity contribution in [3.63, 3.8) is 0 Å². The van der Waals surface area contributed by atoms with Crippen LogP contribution >= 0.6 is 0 Å². The third-order valence-electron chi connectivity index (χ3n) is 10.3. The molecule has 0 saturated heterocycles. The zero-order valence-corrected chi connectivity index (χ0v) is 23.9. The summed E-state index contributed by atoms with van der Waals surface area (Å²) in [7, 11) is 0. The van der Waals surface area contributed by atoms with Gasteiger partial charge in [-0.25, -0.2) is 9.18 Å². The number of carbonyl (C=O) groups excluding carboxylic acids is 4. The second-order valence-corrected chi connectivity index (χ2v) is 12.3. The molecule has 1 N–H and O–H groups in total. The molecular weight excluding hydrogens is 541 g/mol. The molecule has 11 nitrogen and oxygen atoms in total. The molecule has 0 aromatic rings. The molecule has 226 valence electrons. The van der Waals surface area contributed by atoms with Crippen molar-refractivity contribution >= 4 is 23.5 Å². The van der Waals surface area contributed by atoms with E-state index in [4.69, 9.17) is 9.47 Å². The number of esters is 2. The van der Waals surface area contributed by atoms with Gasteiger partial charge in [0.15, 0.2) is 30.3 Å². The Morgan fingerprint density at radius 2 is 1.90 bits per heavy atom. The predicted octanol–water partition coefficient (Wildman–Crippen LogP) is 3.40. The average molecular weight is 580 g/mol. The largest absolute Gasteiger partial charge is 0.456 e. The van der Waals surface area contributed by atoms with Gasteiger partial charge in [0, 0.05) is 29.1 Å². The van der Waals surface area contributed by atoms with Crippen LogP contribution in [-0.4, -0.2) is 64.3 Å². The number of fused-ring (bicyclic) bond motifs is 5. The molecule has 2 unspecified atom stereocenters. The van der Waals surface area contributed by atoms with Crippen LogP contribution in [-0.2, 0) is 33.5 Å². The molecule has 4 aliphatic carbocycles. The summed E-state index contributed by atoms with van der Waals surface area (Å²) < 4.78 is 28.5. The normalized spacial score (nSPS) is 39.1. The molecule has 0 aromatic carbocycles. The number of ether oxygens (including phenoxy) is 2. The molecule has 3 fully saturated rings. The molecule has 0 amide bonds. The number of nitrogens with zero attached hydrogens (tertiary/aromatic N) is 1. The number of carbonyl (C=O) groups is 4. The van der Waals surface area contributed by atoms with E-state index in [-0.39, 0.29) is 18.6 Å². The summed E-state index contributed by atoms with van der Waals surface area (Å²) in [4.78, 5) is 65.6. The van der Waals surface area contributed by atoms with Gasteiger partial charge in [-0.05, 0) is 57.1 Å². The van der Waals surface area contributed by atoms with E-state index in [0.29, 0.717) is 37.7 Å². The van der Waals surface area contributed by atoms with E-state index in [2.05, 4.69) is 4.84 Å². The van der Waals surface area contributed by atoms with Gasteiger partial charge >= 0.3 is 11.9 Å². The van der Waals surface area contributed by atoms with Gasteiger partial charge < -0.3 is 19.4 Å². The fourth-order valence-corrected chi connectivity index (χ4v) is 8.35. The van der Waals surface area contributed by atoms with Crippen LogP contribution in [0.5, 0.6) is 0 Å². The maximum absolute atomic E-state index is 17.5. The van der Waals surface area contributed by atoms with E-state index in [1.807, 2.05) is 6.92 Å². The SMILES string of the molecule is CCCCC(=O)O[C@]1(C(=O)COC(=O)CO[N+](=O)[O-])[C@@H](C)CC2C3CCC4=CC(=O)C=C[C@]4(C)[C@@]3(F)[C@@H](O)C[C@@]21C. The Labute approximate surface area is 237 Å². The topological polar surface area (TPSA) is 159 Å². The zero-order valence-electron chi connectivity index (χ0n) is 23.9. The van der Waals surface area contributed by atoms with Crippen LogP contribution < -0.4 is 0 Å². The first-order chi connectivity index (χ1) is 19.2. The van der Waals surface area contributed by atoms with Gasteiger partial charge in [0.2, 0.25) is 5.78 Å². The molecule has 0 radical (unpaired) electrons. The highest BCUT2D eigenvalue weighted by atomic mass is 19.1. The standard InChI is InChI=1S/C29H38FNO10/c1-5-6-7-24(35)41-29(23(34)15-39-25(36)16-40-31(37)38)17(2)12-21-20-9-8-18-13-19(32)10-11-26(18,3)28(20,30)22(33)14-27(21,29)4/h10-11,13,17,20-22,33H,5-9,12,14-16H2,1-4H3/t17-,20?,21?,22-,26-,27-,28-,29-/m0/s1. The van der Waals surface area contributed by atoms with Crippen LogP contribution in [0.3, 0.4) is 0 Å². The quantitative estimate of drug-likeness (QED) is 0.231. The predicted molar refractivity (Wildman–Crippen MR) is 140 cm³/mol. The molecule has 12 heteroatoms. The minimum atomic E-state index is -2.14. The third kappa shape index (κ3) is 4.67. The number of rotatable bonds is 10. The number of aliphatic hydroxyl groups excluding tert-OH is 1. The minimum Gasteiger partial charge on any atom is -0.456 e. The molecule has 0 spiro atoms. The lowest BCUT2D eigenvalue weighted by Crippen LogP contribution is -2.70. The molecule has 41 heavy (non-hydrogen) atoms. The molecule has 0 bridgehead atoms. The number of aliphatic hydroxyl groups is 1. The molecule has 3 saturated carbocycles. The number of ketones is 2. The maximum atomic E-state index is 17.5. The Morgan fingerprint density at radius 1 is 1.20 bits per heavy atom. The highest BCUT2D eigenvalue weighted by molar-refractivity contribution is 6.01. The van der Waals surface area contributed by atoms with Crippen LogP contribution in [0, 0.1) is 38.7 Å². The van der Waals surface area contributed by atoms with Crippen LogP contribution in [0.15, 0.2) is 23.8 Å². The van der Waals surface area contributed by atoms with Gasteiger partial charge in [-0.3, -0.25) is 14.4 Å². The molecule has 4 aliphatic rings. The van der Waals surface area contributed by atoms with Crippen LogP contribution in [0.25, 0.3) is 0 Å². The number of Topliss-reactive ketones (excluding diaryl/α,β-unsaturated/α-hetero) is 1. The summed E-state index contributed by atoms with van der Waals surface area (Å²) in [6.07, 6.45) is 4.84. The zero-order chi connectivity index (χ0) is 30.4. The van der Waals surface area contributed by atoms with Gasteiger partial charge in [-0.1, -0.05) is 38.8 Å². The molecule has 0 heterocycles. The molecular formula is C29H38FNO10. The maximum Gasteiger partial charge on any atom is 0.332 e. The number of alkyl halides is 1. The third-order valence-corrected chi connectivity index (χ3v) is 10.3. The summed E-state index contributed by atoms with van der Waals surface area (Å²) in [6.45, 7) is 5.18. The van der Waals surface area contributed by atoms with Crippen molar-refractivity contribution in [3.05, 3.63) is 33.9 Å². The van der Waals surface area contributed by atoms with Crippen molar-refractivity contribution < 1.29 is 48.1 Å². The lowest BCUT2D eigenvalue weighted by atomic mass is 9.44. The van der Waals surface area contributed by atoms with Gasteiger partial charge in [0.25, 0.3) is 5.09 Å². The molecule has 0 aromatic heterocycles. The Kier molecular flexibility index (Phi) is 8.20. The van der Waals surface area contributed by atoms with E-state index >= 15 is 4.39 Å². The van der Waals surface area contributed by atoms with Crippen LogP contribution in [0.2, 0.25) is 0 Å². The van der Waals surface area contributed by atoms with E-state index in [1.54, 1.807) is 20.8 Å². The Bertz CT molecular complexity index is 1200. The first-order valence-corrected chi connectivity index (χ1v) is 14.2. The molecule has 0 aliphatic heterocycles. The Balaban J connectivity index is 1.72. The lowest BCUT2D eigenvalue weighted by Gasteiger charge is -2.62. The van der Waals surface area contributed by atoms with E-state index < -0.39 is 82.0 Å². The number of allylic oxidation sites excluding steroid dienone is 4.